The number of hydrogen-bond donors (Lipinski definition) is 1. The normalized spacial score (nSPS) is 18.4. The van der Waals surface area contributed by atoms with Gasteiger partial charge in [-0.2, -0.15) is 0 Å². The Balaban J connectivity index is 2.14. The Morgan fingerprint density at radius 1 is 1.26 bits per heavy atom. The number of nitrogens with zero attached hydrogens (tertiary/aromatic N) is 3. The van der Waals surface area contributed by atoms with Crippen molar-refractivity contribution in [3.8, 4) is 0 Å². The summed E-state index contributed by atoms with van der Waals surface area (Å²) in [5, 5.41) is 3.09. The van der Waals surface area contributed by atoms with Crippen molar-refractivity contribution in [1.82, 2.24) is 9.97 Å². The molecule has 0 aromatic carbocycles. The van der Waals surface area contributed by atoms with E-state index in [0.717, 1.165) is 29.2 Å². The Labute approximate surface area is 124 Å². The molecule has 0 radical (unpaired) electrons. The van der Waals surface area contributed by atoms with Gasteiger partial charge in [0.1, 0.15) is 22.4 Å². The first-order valence-electron chi connectivity index (χ1n) is 7.09. The van der Waals surface area contributed by atoms with Crippen molar-refractivity contribution >= 4 is 27.6 Å². The van der Waals surface area contributed by atoms with Crippen LogP contribution in [0, 0.1) is 5.41 Å². The number of hydrogen-bond acceptors (Lipinski definition) is 4. The van der Waals surface area contributed by atoms with E-state index in [1.165, 1.54) is 25.7 Å². The molecule has 0 atom stereocenters. The SMILES string of the molecule is CCC1(CC)CCN(c2ncnc(NC)c2Br)CC1. The van der Waals surface area contributed by atoms with Crippen molar-refractivity contribution in [1.29, 1.82) is 0 Å². The van der Waals surface area contributed by atoms with Crippen molar-refractivity contribution in [3.63, 3.8) is 0 Å². The number of aromatic nitrogens is 2. The molecule has 1 saturated heterocycles. The van der Waals surface area contributed by atoms with E-state index >= 15 is 0 Å². The first-order valence-corrected chi connectivity index (χ1v) is 7.88. The zero-order chi connectivity index (χ0) is 13.9. The Hall–Kier alpha value is -0.840. The van der Waals surface area contributed by atoms with Crippen molar-refractivity contribution in [2.24, 2.45) is 5.41 Å². The standard InChI is InChI=1S/C14H23BrN4/c1-4-14(5-2)6-8-19(9-7-14)13-11(15)12(16-3)17-10-18-13/h10H,4-9H2,1-3H3,(H,16,17,18). The first kappa shape index (κ1) is 14.6. The van der Waals surface area contributed by atoms with Gasteiger partial charge in [0.05, 0.1) is 0 Å². The number of piperidine rings is 1. The summed E-state index contributed by atoms with van der Waals surface area (Å²) in [6, 6.07) is 0. The third-order valence-corrected chi connectivity index (χ3v) is 5.36. The zero-order valence-corrected chi connectivity index (χ0v) is 13.6. The highest BCUT2D eigenvalue weighted by Crippen LogP contribution is 2.40. The molecule has 0 bridgehead atoms. The van der Waals surface area contributed by atoms with Gasteiger partial charge in [-0.25, -0.2) is 9.97 Å². The van der Waals surface area contributed by atoms with Crippen LogP contribution in [0.25, 0.3) is 0 Å². The molecular formula is C14H23BrN4. The summed E-state index contributed by atoms with van der Waals surface area (Å²) in [4.78, 5) is 11.0. The van der Waals surface area contributed by atoms with Gasteiger partial charge < -0.3 is 10.2 Å². The van der Waals surface area contributed by atoms with Gasteiger partial charge in [0.2, 0.25) is 0 Å². The van der Waals surface area contributed by atoms with E-state index in [2.05, 4.69) is 50.0 Å². The van der Waals surface area contributed by atoms with E-state index in [0.29, 0.717) is 5.41 Å². The van der Waals surface area contributed by atoms with Crippen LogP contribution >= 0.6 is 15.9 Å². The predicted molar refractivity (Wildman–Crippen MR) is 83.7 cm³/mol. The van der Waals surface area contributed by atoms with Crippen LogP contribution in [-0.2, 0) is 0 Å². The Morgan fingerprint density at radius 2 is 1.89 bits per heavy atom. The second kappa shape index (κ2) is 6.07. The monoisotopic (exact) mass is 326 g/mol. The molecule has 0 aliphatic carbocycles. The molecule has 2 heterocycles. The van der Waals surface area contributed by atoms with Gasteiger partial charge in [0.25, 0.3) is 0 Å². The lowest BCUT2D eigenvalue weighted by Crippen LogP contribution is -2.40. The lowest BCUT2D eigenvalue weighted by Gasteiger charge is -2.41. The molecular weight excluding hydrogens is 304 g/mol. The van der Waals surface area contributed by atoms with Gasteiger partial charge in [-0.1, -0.05) is 26.7 Å². The number of anilines is 2. The summed E-state index contributed by atoms with van der Waals surface area (Å²) >= 11 is 3.61. The van der Waals surface area contributed by atoms with Gasteiger partial charge in [-0.15, -0.1) is 0 Å². The first-order chi connectivity index (χ1) is 9.15. The minimum absolute atomic E-state index is 0.543. The van der Waals surface area contributed by atoms with Crippen molar-refractivity contribution < 1.29 is 0 Å². The molecule has 1 aromatic heterocycles. The molecule has 5 heteroatoms. The molecule has 19 heavy (non-hydrogen) atoms. The molecule has 1 aromatic rings. The van der Waals surface area contributed by atoms with E-state index in [9.17, 15) is 0 Å². The molecule has 4 nitrogen and oxygen atoms in total. The molecule has 106 valence electrons. The van der Waals surface area contributed by atoms with Crippen molar-refractivity contribution in [3.05, 3.63) is 10.8 Å². The molecule has 1 N–H and O–H groups in total. The van der Waals surface area contributed by atoms with Crippen molar-refractivity contribution in [2.75, 3.05) is 30.4 Å². The smallest absolute Gasteiger partial charge is 0.148 e. The quantitative estimate of drug-likeness (QED) is 0.916. The van der Waals surface area contributed by atoms with Crippen LogP contribution in [-0.4, -0.2) is 30.1 Å². The lowest BCUT2D eigenvalue weighted by atomic mass is 9.74. The minimum Gasteiger partial charge on any atom is -0.372 e. The maximum atomic E-state index is 4.44. The Kier molecular flexibility index (Phi) is 4.66. The number of halogens is 1. The number of nitrogens with one attached hydrogen (secondary N) is 1. The van der Waals surface area contributed by atoms with E-state index in [4.69, 9.17) is 0 Å². The lowest BCUT2D eigenvalue weighted by molar-refractivity contribution is 0.199. The van der Waals surface area contributed by atoms with Crippen LogP contribution in [0.3, 0.4) is 0 Å². The van der Waals surface area contributed by atoms with Crippen LogP contribution in [0.1, 0.15) is 39.5 Å². The van der Waals surface area contributed by atoms with E-state index < -0.39 is 0 Å². The maximum absolute atomic E-state index is 4.44. The average Bonchev–Trinajstić information content (AvgIpc) is 2.48. The summed E-state index contributed by atoms with van der Waals surface area (Å²) in [6.07, 6.45) is 6.71. The summed E-state index contributed by atoms with van der Waals surface area (Å²) < 4.78 is 0.970. The minimum atomic E-state index is 0.543. The molecule has 1 fully saturated rings. The fourth-order valence-electron chi connectivity index (χ4n) is 2.91. The molecule has 0 unspecified atom stereocenters. The summed E-state index contributed by atoms with van der Waals surface area (Å²) in [6.45, 7) is 6.80. The van der Waals surface area contributed by atoms with Crippen LogP contribution in [0.15, 0.2) is 10.8 Å². The summed E-state index contributed by atoms with van der Waals surface area (Å²) in [5.74, 6) is 1.87. The number of rotatable bonds is 4. The van der Waals surface area contributed by atoms with Crippen LogP contribution in [0.2, 0.25) is 0 Å². The fourth-order valence-corrected chi connectivity index (χ4v) is 3.56. The Morgan fingerprint density at radius 3 is 2.42 bits per heavy atom. The third kappa shape index (κ3) is 2.86. The molecule has 0 saturated carbocycles. The highest BCUT2D eigenvalue weighted by Gasteiger charge is 2.32. The van der Waals surface area contributed by atoms with Gasteiger partial charge in [0, 0.05) is 20.1 Å². The zero-order valence-electron chi connectivity index (χ0n) is 12.0. The van der Waals surface area contributed by atoms with Crippen LogP contribution in [0.4, 0.5) is 11.6 Å². The van der Waals surface area contributed by atoms with E-state index in [-0.39, 0.29) is 0 Å². The second-order valence-electron chi connectivity index (χ2n) is 5.30. The maximum Gasteiger partial charge on any atom is 0.148 e. The summed E-state index contributed by atoms with van der Waals surface area (Å²) in [7, 11) is 1.88. The fraction of sp³-hybridized carbons (Fsp3) is 0.714. The highest BCUT2D eigenvalue weighted by atomic mass is 79.9. The predicted octanol–water partition coefficient (Wildman–Crippen LogP) is 3.69. The molecule has 2 rings (SSSR count). The van der Waals surface area contributed by atoms with Gasteiger partial charge >= 0.3 is 0 Å². The van der Waals surface area contributed by atoms with Gasteiger partial charge in [0.15, 0.2) is 0 Å². The van der Waals surface area contributed by atoms with E-state index in [1.807, 2.05) is 7.05 Å². The van der Waals surface area contributed by atoms with Crippen LogP contribution in [0.5, 0.6) is 0 Å². The van der Waals surface area contributed by atoms with Crippen LogP contribution < -0.4 is 10.2 Å². The molecule has 0 spiro atoms. The largest absolute Gasteiger partial charge is 0.372 e. The topological polar surface area (TPSA) is 41.1 Å². The van der Waals surface area contributed by atoms with Gasteiger partial charge in [-0.3, -0.25) is 0 Å². The molecule has 1 aliphatic rings. The average molecular weight is 327 g/mol. The molecule has 0 amide bonds. The molecule has 1 aliphatic heterocycles. The third-order valence-electron chi connectivity index (χ3n) is 4.63. The highest BCUT2D eigenvalue weighted by molar-refractivity contribution is 9.10. The van der Waals surface area contributed by atoms with Gasteiger partial charge in [-0.05, 0) is 34.2 Å². The summed E-state index contributed by atoms with van der Waals surface area (Å²) in [5.41, 5.74) is 0.543. The second-order valence-corrected chi connectivity index (χ2v) is 6.10. The Bertz CT molecular complexity index is 421. The van der Waals surface area contributed by atoms with E-state index in [1.54, 1.807) is 6.33 Å². The van der Waals surface area contributed by atoms with Crippen molar-refractivity contribution in [2.45, 2.75) is 39.5 Å².